The minimum Gasteiger partial charge on any atom is -0.629 e. The maximum absolute atomic E-state index is 12.5. The molecule has 3 rings (SSSR count). The van der Waals surface area contributed by atoms with E-state index in [9.17, 15) is 14.8 Å². The summed E-state index contributed by atoms with van der Waals surface area (Å²) in [6.07, 6.45) is 0.397. The van der Waals surface area contributed by atoms with Gasteiger partial charge in [-0.3, -0.25) is 14.5 Å². The molecule has 0 radical (unpaired) electrons. The molecule has 1 N–H and O–H groups in total. The molecule has 0 spiro atoms. The van der Waals surface area contributed by atoms with E-state index in [0.717, 1.165) is 4.90 Å². The van der Waals surface area contributed by atoms with Crippen molar-refractivity contribution in [2.45, 2.75) is 19.1 Å². The lowest BCUT2D eigenvalue weighted by molar-refractivity contribution is -0.751. The van der Waals surface area contributed by atoms with Gasteiger partial charge >= 0.3 is 0 Å². The minimum atomic E-state index is -0.765. The van der Waals surface area contributed by atoms with Gasteiger partial charge in [-0.05, 0) is 13.0 Å². The van der Waals surface area contributed by atoms with Crippen LogP contribution in [0.25, 0.3) is 0 Å². The summed E-state index contributed by atoms with van der Waals surface area (Å²) in [7, 11) is 1.39. The Bertz CT molecular complexity index is 622. The number of nitrogens with zero attached hydrogens (tertiary/aromatic N) is 1. The summed E-state index contributed by atoms with van der Waals surface area (Å²) in [6.45, 7) is 3.00. The van der Waals surface area contributed by atoms with Gasteiger partial charge in [0.1, 0.15) is 11.3 Å². The normalized spacial score (nSPS) is 21.3. The van der Waals surface area contributed by atoms with Crippen molar-refractivity contribution in [1.82, 2.24) is 4.90 Å². The predicted molar refractivity (Wildman–Crippen MR) is 76.6 cm³/mol. The molecule has 7 nitrogen and oxygen atoms in total. The van der Waals surface area contributed by atoms with Crippen molar-refractivity contribution >= 4 is 17.5 Å². The fourth-order valence-electron chi connectivity index (χ4n) is 2.85. The van der Waals surface area contributed by atoms with E-state index in [1.165, 1.54) is 7.05 Å². The summed E-state index contributed by atoms with van der Waals surface area (Å²) in [5.74, 6) is -1.56. The van der Waals surface area contributed by atoms with E-state index in [0.29, 0.717) is 19.6 Å². The maximum atomic E-state index is 12.5. The molecule has 7 heteroatoms. The van der Waals surface area contributed by atoms with Gasteiger partial charge < -0.3 is 19.7 Å². The summed E-state index contributed by atoms with van der Waals surface area (Å²) in [5.41, 5.74) is 0.785. The lowest BCUT2D eigenvalue weighted by Gasteiger charge is -2.24. The third kappa shape index (κ3) is 2.42. The molecule has 0 saturated carbocycles. The highest BCUT2D eigenvalue weighted by Gasteiger charge is 2.41. The van der Waals surface area contributed by atoms with Crippen LogP contribution in [0.3, 0.4) is 0 Å². The third-order valence-electron chi connectivity index (χ3n) is 4.07. The minimum absolute atomic E-state index is 0.195. The van der Waals surface area contributed by atoms with Crippen LogP contribution in [-0.4, -0.2) is 49.3 Å². The molecule has 1 fully saturated rings. The van der Waals surface area contributed by atoms with E-state index in [1.807, 2.05) is 0 Å². The molecule has 118 valence electrons. The Morgan fingerprint density at radius 2 is 1.95 bits per heavy atom. The van der Waals surface area contributed by atoms with Crippen LogP contribution in [0.15, 0.2) is 18.2 Å². The Kier molecular flexibility index (Phi) is 3.73. The van der Waals surface area contributed by atoms with Gasteiger partial charge in [-0.1, -0.05) is 6.07 Å². The molecule has 1 atom stereocenters. The smallest absolute Gasteiger partial charge is 0.267 e. The van der Waals surface area contributed by atoms with Gasteiger partial charge in [0.05, 0.1) is 25.8 Å². The van der Waals surface area contributed by atoms with Gasteiger partial charge in [-0.25, -0.2) is 0 Å². The molecule has 0 aromatic heterocycles. The first-order chi connectivity index (χ1) is 10.4. The number of nitrogens with one attached hydrogen (secondary N) is 1. The number of rotatable bonds is 4. The lowest BCUT2D eigenvalue weighted by Crippen LogP contribution is -2.98. The van der Waals surface area contributed by atoms with Gasteiger partial charge in [0.2, 0.25) is 0 Å². The van der Waals surface area contributed by atoms with Crippen LogP contribution < -0.4 is 5.06 Å². The SMILES string of the molecule is C[NH+]([O-])c1cccc2c1C(=O)N(CCC1(C)OCCO1)C2=O. The van der Waals surface area contributed by atoms with Crippen molar-refractivity contribution in [2.75, 3.05) is 26.8 Å². The number of benzene rings is 1. The molecule has 2 aliphatic heterocycles. The molecule has 2 amide bonds. The Hall–Kier alpha value is -1.80. The van der Waals surface area contributed by atoms with E-state index in [-0.39, 0.29) is 34.3 Å². The van der Waals surface area contributed by atoms with Crippen LogP contribution in [0.1, 0.15) is 34.1 Å². The molecule has 1 aromatic carbocycles. The number of ether oxygens (including phenoxy) is 2. The van der Waals surface area contributed by atoms with Crippen LogP contribution in [0, 0.1) is 5.21 Å². The standard InChI is InChI=1S/C15H18N2O5/c1-15(21-8-9-22-15)6-7-17-13(18)10-4-3-5-11(16(2)20)12(10)14(17)19/h3-5,16H,6-9H2,1-2H3. The van der Waals surface area contributed by atoms with E-state index in [2.05, 4.69) is 0 Å². The van der Waals surface area contributed by atoms with Crippen molar-refractivity contribution in [3.63, 3.8) is 0 Å². The molecular weight excluding hydrogens is 288 g/mol. The van der Waals surface area contributed by atoms with Gasteiger partial charge in [0, 0.05) is 19.0 Å². The molecule has 0 bridgehead atoms. The van der Waals surface area contributed by atoms with Gasteiger partial charge in [-0.15, -0.1) is 0 Å². The van der Waals surface area contributed by atoms with Crippen LogP contribution in [0.2, 0.25) is 0 Å². The summed E-state index contributed by atoms with van der Waals surface area (Å²) >= 11 is 0. The molecule has 1 aromatic rings. The average Bonchev–Trinajstić information content (AvgIpc) is 3.01. The maximum Gasteiger partial charge on any atom is 0.267 e. The second-order valence-corrected chi connectivity index (χ2v) is 5.63. The first kappa shape index (κ1) is 15.1. The number of imide groups is 1. The number of quaternary nitrogens is 1. The molecular formula is C15H18N2O5. The molecule has 2 aliphatic rings. The average molecular weight is 306 g/mol. The van der Waals surface area contributed by atoms with E-state index >= 15 is 0 Å². The molecule has 1 saturated heterocycles. The largest absolute Gasteiger partial charge is 0.629 e. The second kappa shape index (κ2) is 5.44. The van der Waals surface area contributed by atoms with Crippen molar-refractivity contribution < 1.29 is 24.1 Å². The first-order valence-corrected chi connectivity index (χ1v) is 7.21. The van der Waals surface area contributed by atoms with Crippen molar-refractivity contribution in [1.29, 1.82) is 0 Å². The highest BCUT2D eigenvalue weighted by Crippen LogP contribution is 2.29. The number of hydrogen-bond acceptors (Lipinski definition) is 5. The highest BCUT2D eigenvalue weighted by atomic mass is 16.7. The van der Waals surface area contributed by atoms with Crippen LogP contribution in [0.5, 0.6) is 0 Å². The fraction of sp³-hybridized carbons (Fsp3) is 0.467. The second-order valence-electron chi connectivity index (χ2n) is 5.63. The molecule has 1 unspecified atom stereocenters. The monoisotopic (exact) mass is 306 g/mol. The van der Waals surface area contributed by atoms with Crippen LogP contribution >= 0.6 is 0 Å². The zero-order chi connectivity index (χ0) is 15.9. The van der Waals surface area contributed by atoms with Crippen LogP contribution in [-0.2, 0) is 9.47 Å². The van der Waals surface area contributed by atoms with Crippen LogP contribution in [0.4, 0.5) is 5.69 Å². The third-order valence-corrected chi connectivity index (χ3v) is 4.07. The molecule has 22 heavy (non-hydrogen) atoms. The number of hydrogen-bond donors (Lipinski definition) is 1. The lowest BCUT2D eigenvalue weighted by atomic mass is 10.1. The Balaban J connectivity index is 1.82. The molecule has 0 aliphatic carbocycles. The number of hydroxylamine groups is 1. The summed E-state index contributed by atoms with van der Waals surface area (Å²) in [5, 5.41) is 11.4. The quantitative estimate of drug-likeness (QED) is 0.629. The van der Waals surface area contributed by atoms with E-state index in [4.69, 9.17) is 9.47 Å². The van der Waals surface area contributed by atoms with Crippen molar-refractivity contribution in [3.8, 4) is 0 Å². The van der Waals surface area contributed by atoms with Gasteiger partial charge in [0.15, 0.2) is 5.79 Å². The van der Waals surface area contributed by atoms with Gasteiger partial charge in [0.25, 0.3) is 11.8 Å². The fourth-order valence-corrected chi connectivity index (χ4v) is 2.85. The zero-order valence-electron chi connectivity index (χ0n) is 12.5. The number of amides is 2. The summed E-state index contributed by atoms with van der Waals surface area (Å²) < 4.78 is 11.0. The highest BCUT2D eigenvalue weighted by molar-refractivity contribution is 6.23. The van der Waals surface area contributed by atoms with E-state index in [1.54, 1.807) is 25.1 Å². The number of carbonyl (C=O) groups excluding carboxylic acids is 2. The van der Waals surface area contributed by atoms with Gasteiger partial charge in [-0.2, -0.15) is 0 Å². The summed E-state index contributed by atoms with van der Waals surface area (Å²) in [6, 6.07) is 4.77. The number of carbonyl (C=O) groups is 2. The van der Waals surface area contributed by atoms with Crippen molar-refractivity contribution in [3.05, 3.63) is 34.5 Å². The Labute approximate surface area is 128 Å². The molecule has 2 heterocycles. The topological polar surface area (TPSA) is 83.3 Å². The van der Waals surface area contributed by atoms with Crippen molar-refractivity contribution in [2.24, 2.45) is 0 Å². The Morgan fingerprint density at radius 3 is 2.59 bits per heavy atom. The van der Waals surface area contributed by atoms with E-state index < -0.39 is 11.7 Å². The summed E-state index contributed by atoms with van der Waals surface area (Å²) in [4.78, 5) is 26.1. The predicted octanol–water partition coefficient (Wildman–Crippen LogP) is 0.0797. The Morgan fingerprint density at radius 1 is 1.27 bits per heavy atom. The zero-order valence-corrected chi connectivity index (χ0v) is 12.5. The first-order valence-electron chi connectivity index (χ1n) is 7.21. The number of fused-ring (bicyclic) bond motifs is 1.